The Kier molecular flexibility index (Phi) is 17.9. The molecule has 0 spiro atoms. The molecule has 19 heavy (non-hydrogen) atoms. The molecular formula is C17H30O2. The Hall–Kier alpha value is -1.15. The molecule has 0 saturated heterocycles. The molecule has 110 valence electrons. The minimum atomic E-state index is 0.329. The van der Waals surface area contributed by atoms with Gasteiger partial charge in [0, 0.05) is 6.61 Å². The molecule has 0 aliphatic rings. The first-order valence-electron chi connectivity index (χ1n) is 7.09. The normalized spacial score (nSPS) is 12.1. The van der Waals surface area contributed by atoms with E-state index in [1.54, 1.807) is 6.08 Å². The van der Waals surface area contributed by atoms with Crippen molar-refractivity contribution in [1.29, 1.82) is 0 Å². The summed E-state index contributed by atoms with van der Waals surface area (Å²) in [5, 5.41) is 8.63. The number of allylic oxidation sites excluding steroid dienone is 6. The van der Waals surface area contributed by atoms with Crippen LogP contribution in [0.15, 0.2) is 36.0 Å². The van der Waals surface area contributed by atoms with Crippen molar-refractivity contribution in [1.82, 2.24) is 0 Å². The van der Waals surface area contributed by atoms with Gasteiger partial charge in [-0.25, -0.2) is 0 Å². The quantitative estimate of drug-likeness (QED) is 0.305. The molecule has 0 aromatic heterocycles. The van der Waals surface area contributed by atoms with Gasteiger partial charge in [-0.15, -0.1) is 0 Å². The summed E-state index contributed by atoms with van der Waals surface area (Å²) in [5.74, 6) is 0.663. The molecule has 0 bridgehead atoms. The fourth-order valence-electron chi connectivity index (χ4n) is 1.35. The standard InChI is InChI=1S/C10H20O.C7H10O/c1-9(2)5-4-6-10(3)7-8-11;1-2-3-4-5-6-7-8/h5,10-11H,4,6-8H2,1-3H3;3-7H,2H2,1H3/b;4-3+,6-5+. The van der Waals surface area contributed by atoms with Crippen molar-refractivity contribution in [2.45, 2.75) is 53.4 Å². The molecule has 0 aromatic rings. The molecular weight excluding hydrogens is 236 g/mol. The Bertz CT molecular complexity index is 271. The maximum Gasteiger partial charge on any atom is 0.142 e. The number of carbonyl (C=O) groups excluding carboxylic acids is 1. The summed E-state index contributed by atoms with van der Waals surface area (Å²) in [7, 11) is 0. The zero-order valence-corrected chi connectivity index (χ0v) is 12.9. The second-order valence-electron chi connectivity index (χ2n) is 4.83. The summed E-state index contributed by atoms with van der Waals surface area (Å²) in [4.78, 5) is 9.65. The number of carbonyl (C=O) groups is 1. The maximum absolute atomic E-state index is 9.65. The third-order valence-electron chi connectivity index (χ3n) is 2.51. The number of hydrogen-bond acceptors (Lipinski definition) is 2. The molecule has 0 aliphatic heterocycles. The van der Waals surface area contributed by atoms with E-state index in [0.717, 1.165) is 25.5 Å². The molecule has 0 radical (unpaired) electrons. The van der Waals surface area contributed by atoms with Gasteiger partial charge in [-0.2, -0.15) is 0 Å². The van der Waals surface area contributed by atoms with E-state index in [2.05, 4.69) is 26.8 Å². The molecule has 0 aliphatic carbocycles. The van der Waals surface area contributed by atoms with Gasteiger partial charge in [0.2, 0.25) is 0 Å². The van der Waals surface area contributed by atoms with Gasteiger partial charge in [0.25, 0.3) is 0 Å². The van der Waals surface area contributed by atoms with E-state index >= 15 is 0 Å². The second kappa shape index (κ2) is 16.9. The highest BCUT2D eigenvalue weighted by Crippen LogP contribution is 2.10. The largest absolute Gasteiger partial charge is 0.396 e. The van der Waals surface area contributed by atoms with Gasteiger partial charge in [0.15, 0.2) is 0 Å². The van der Waals surface area contributed by atoms with Crippen molar-refractivity contribution in [3.8, 4) is 0 Å². The first-order chi connectivity index (χ1) is 9.08. The van der Waals surface area contributed by atoms with E-state index in [1.165, 1.54) is 18.1 Å². The molecule has 2 nitrogen and oxygen atoms in total. The minimum Gasteiger partial charge on any atom is -0.396 e. The molecule has 0 amide bonds. The van der Waals surface area contributed by atoms with E-state index in [-0.39, 0.29) is 0 Å². The first kappa shape index (κ1) is 20.2. The lowest BCUT2D eigenvalue weighted by Gasteiger charge is -2.06. The van der Waals surface area contributed by atoms with Crippen LogP contribution in [0.5, 0.6) is 0 Å². The molecule has 1 atom stereocenters. The van der Waals surface area contributed by atoms with Gasteiger partial charge in [-0.3, -0.25) is 4.79 Å². The predicted molar refractivity (Wildman–Crippen MR) is 84.2 cm³/mol. The summed E-state index contributed by atoms with van der Waals surface area (Å²) >= 11 is 0. The van der Waals surface area contributed by atoms with Crippen molar-refractivity contribution in [2.24, 2.45) is 5.92 Å². The molecule has 0 heterocycles. The number of aliphatic hydroxyl groups is 1. The summed E-state index contributed by atoms with van der Waals surface area (Å²) in [6.07, 6.45) is 14.4. The molecule has 0 rings (SSSR count). The van der Waals surface area contributed by atoms with Crippen LogP contribution in [0.25, 0.3) is 0 Å². The van der Waals surface area contributed by atoms with E-state index in [0.29, 0.717) is 12.5 Å². The number of aliphatic hydroxyl groups excluding tert-OH is 1. The molecule has 1 unspecified atom stereocenters. The van der Waals surface area contributed by atoms with Crippen LogP contribution >= 0.6 is 0 Å². The van der Waals surface area contributed by atoms with Crippen LogP contribution in [0.4, 0.5) is 0 Å². The lowest BCUT2D eigenvalue weighted by Crippen LogP contribution is -1.96. The van der Waals surface area contributed by atoms with Crippen molar-refractivity contribution in [2.75, 3.05) is 6.61 Å². The molecule has 2 heteroatoms. The number of hydrogen-bond donors (Lipinski definition) is 1. The smallest absolute Gasteiger partial charge is 0.142 e. The predicted octanol–water partition coefficient (Wildman–Crippen LogP) is 4.46. The van der Waals surface area contributed by atoms with Crippen molar-refractivity contribution >= 4 is 6.29 Å². The summed E-state index contributed by atoms with van der Waals surface area (Å²) in [6, 6.07) is 0. The number of rotatable bonds is 8. The Morgan fingerprint density at radius 2 is 1.84 bits per heavy atom. The fourth-order valence-corrected chi connectivity index (χ4v) is 1.35. The van der Waals surface area contributed by atoms with Gasteiger partial charge in [0.05, 0.1) is 0 Å². The fraction of sp³-hybridized carbons (Fsp3) is 0.588. The van der Waals surface area contributed by atoms with Crippen molar-refractivity contribution in [3.63, 3.8) is 0 Å². The zero-order chi connectivity index (χ0) is 14.9. The SMILES string of the molecule is CC(C)=CCCC(C)CCO.CC/C=C/C=C/C=O. The van der Waals surface area contributed by atoms with Crippen LogP contribution in [0.1, 0.15) is 53.4 Å². The van der Waals surface area contributed by atoms with E-state index in [4.69, 9.17) is 5.11 Å². The highest BCUT2D eigenvalue weighted by molar-refractivity contribution is 5.65. The summed E-state index contributed by atoms with van der Waals surface area (Å²) in [6.45, 7) is 8.81. The monoisotopic (exact) mass is 266 g/mol. The Morgan fingerprint density at radius 1 is 1.16 bits per heavy atom. The molecule has 0 saturated carbocycles. The Balaban J connectivity index is 0. The van der Waals surface area contributed by atoms with Crippen LogP contribution in [-0.4, -0.2) is 18.0 Å². The Morgan fingerprint density at radius 3 is 2.32 bits per heavy atom. The van der Waals surface area contributed by atoms with Gasteiger partial charge < -0.3 is 5.11 Å². The van der Waals surface area contributed by atoms with E-state index in [1.807, 2.05) is 19.1 Å². The summed E-state index contributed by atoms with van der Waals surface area (Å²) in [5.41, 5.74) is 1.39. The maximum atomic E-state index is 9.65. The van der Waals surface area contributed by atoms with Crippen LogP contribution in [0, 0.1) is 5.92 Å². The van der Waals surface area contributed by atoms with Crippen LogP contribution in [0.2, 0.25) is 0 Å². The lowest BCUT2D eigenvalue weighted by molar-refractivity contribution is -0.104. The highest BCUT2D eigenvalue weighted by Gasteiger charge is 1.98. The molecule has 0 fully saturated rings. The van der Waals surface area contributed by atoms with Gasteiger partial charge >= 0.3 is 0 Å². The van der Waals surface area contributed by atoms with E-state index in [9.17, 15) is 4.79 Å². The summed E-state index contributed by atoms with van der Waals surface area (Å²) < 4.78 is 0. The van der Waals surface area contributed by atoms with Gasteiger partial charge in [-0.05, 0) is 51.5 Å². The molecule has 0 aromatic carbocycles. The number of aldehydes is 1. The average molecular weight is 266 g/mol. The lowest BCUT2D eigenvalue weighted by atomic mass is 10.0. The highest BCUT2D eigenvalue weighted by atomic mass is 16.3. The van der Waals surface area contributed by atoms with Crippen molar-refractivity contribution < 1.29 is 9.90 Å². The Labute approximate surface area is 118 Å². The molecule has 1 N–H and O–H groups in total. The third kappa shape index (κ3) is 22.5. The van der Waals surface area contributed by atoms with Crippen molar-refractivity contribution in [3.05, 3.63) is 36.0 Å². The van der Waals surface area contributed by atoms with E-state index < -0.39 is 0 Å². The van der Waals surface area contributed by atoms with Gasteiger partial charge in [-0.1, -0.05) is 43.7 Å². The first-order valence-corrected chi connectivity index (χ1v) is 7.09. The zero-order valence-electron chi connectivity index (χ0n) is 12.9. The van der Waals surface area contributed by atoms with Crippen LogP contribution in [-0.2, 0) is 4.79 Å². The minimum absolute atomic E-state index is 0.329. The third-order valence-corrected chi connectivity index (χ3v) is 2.51. The van der Waals surface area contributed by atoms with Crippen LogP contribution in [0.3, 0.4) is 0 Å². The topological polar surface area (TPSA) is 37.3 Å². The average Bonchev–Trinajstić information content (AvgIpc) is 2.35. The van der Waals surface area contributed by atoms with Crippen LogP contribution < -0.4 is 0 Å². The van der Waals surface area contributed by atoms with Gasteiger partial charge in [0.1, 0.15) is 6.29 Å². The second-order valence-corrected chi connectivity index (χ2v) is 4.83.